The fourth-order valence-corrected chi connectivity index (χ4v) is 1.81. The minimum atomic E-state index is 0.876. The summed E-state index contributed by atoms with van der Waals surface area (Å²) in [5.41, 5.74) is 4.83. The first-order valence-corrected chi connectivity index (χ1v) is 5.87. The van der Waals surface area contributed by atoms with Crippen molar-refractivity contribution in [2.75, 3.05) is 6.54 Å². The van der Waals surface area contributed by atoms with Crippen molar-refractivity contribution in [1.29, 1.82) is 0 Å². The van der Waals surface area contributed by atoms with Crippen LogP contribution in [0.2, 0.25) is 0 Å². The predicted octanol–water partition coefficient (Wildman–Crippen LogP) is 2.56. The second-order valence-corrected chi connectivity index (χ2v) is 4.07. The van der Waals surface area contributed by atoms with E-state index in [1.54, 1.807) is 6.33 Å². The molecule has 1 heterocycles. The van der Waals surface area contributed by atoms with Crippen LogP contribution in [0.3, 0.4) is 0 Å². The van der Waals surface area contributed by atoms with E-state index in [4.69, 9.17) is 0 Å². The zero-order chi connectivity index (χ0) is 12.1. The minimum Gasteiger partial charge on any atom is -0.313 e. The fourth-order valence-electron chi connectivity index (χ4n) is 1.81. The van der Waals surface area contributed by atoms with E-state index in [1.165, 1.54) is 16.7 Å². The molecule has 0 saturated heterocycles. The van der Waals surface area contributed by atoms with E-state index in [0.29, 0.717) is 0 Å². The lowest BCUT2D eigenvalue weighted by molar-refractivity contribution is 0.727. The zero-order valence-corrected chi connectivity index (χ0v) is 10.3. The van der Waals surface area contributed by atoms with Gasteiger partial charge in [0.2, 0.25) is 0 Å². The van der Waals surface area contributed by atoms with Gasteiger partial charge in [-0.05, 0) is 24.6 Å². The summed E-state index contributed by atoms with van der Waals surface area (Å²) in [7, 11) is 0. The van der Waals surface area contributed by atoms with Crippen LogP contribution in [0.25, 0.3) is 11.1 Å². The van der Waals surface area contributed by atoms with Crippen molar-refractivity contribution in [2.45, 2.75) is 20.4 Å². The number of nitrogens with zero attached hydrogens (tertiary/aromatic N) is 2. The molecule has 0 unspecified atom stereocenters. The fraction of sp³-hybridized carbons (Fsp3) is 0.286. The van der Waals surface area contributed by atoms with Gasteiger partial charge in [-0.3, -0.25) is 0 Å². The van der Waals surface area contributed by atoms with Crippen molar-refractivity contribution in [3.05, 3.63) is 48.0 Å². The van der Waals surface area contributed by atoms with E-state index >= 15 is 0 Å². The summed E-state index contributed by atoms with van der Waals surface area (Å²) in [6, 6.07) is 6.49. The average molecular weight is 227 g/mol. The molecule has 0 saturated carbocycles. The van der Waals surface area contributed by atoms with Crippen LogP contribution < -0.4 is 5.32 Å². The van der Waals surface area contributed by atoms with Gasteiger partial charge < -0.3 is 5.32 Å². The number of aromatic nitrogens is 2. The van der Waals surface area contributed by atoms with E-state index in [-0.39, 0.29) is 0 Å². The van der Waals surface area contributed by atoms with Crippen molar-refractivity contribution in [3.63, 3.8) is 0 Å². The predicted molar refractivity (Wildman–Crippen MR) is 69.6 cm³/mol. The maximum absolute atomic E-state index is 4.08. The van der Waals surface area contributed by atoms with Gasteiger partial charge in [0.1, 0.15) is 6.33 Å². The first-order chi connectivity index (χ1) is 8.31. The normalized spacial score (nSPS) is 10.5. The Balaban J connectivity index is 2.40. The topological polar surface area (TPSA) is 37.8 Å². The quantitative estimate of drug-likeness (QED) is 0.872. The molecule has 1 aromatic carbocycles. The summed E-state index contributed by atoms with van der Waals surface area (Å²) in [5, 5.41) is 3.35. The van der Waals surface area contributed by atoms with Crippen LogP contribution >= 0.6 is 0 Å². The number of benzene rings is 1. The lowest BCUT2D eigenvalue weighted by Gasteiger charge is -2.10. The monoisotopic (exact) mass is 227 g/mol. The largest absolute Gasteiger partial charge is 0.313 e. The first-order valence-electron chi connectivity index (χ1n) is 5.87. The highest BCUT2D eigenvalue weighted by Gasteiger charge is 2.05. The van der Waals surface area contributed by atoms with Gasteiger partial charge in [0.05, 0.1) is 0 Å². The van der Waals surface area contributed by atoms with Crippen LogP contribution in [0.4, 0.5) is 0 Å². The molecule has 1 aromatic heterocycles. The standard InChI is InChI=1S/C14H17N3/c1-3-15-7-12-5-4-11(2)6-14(12)13-8-16-10-17-9-13/h4-6,8-10,15H,3,7H2,1-2H3. The summed E-state index contributed by atoms with van der Waals surface area (Å²) < 4.78 is 0. The van der Waals surface area contributed by atoms with Crippen molar-refractivity contribution >= 4 is 0 Å². The van der Waals surface area contributed by atoms with Gasteiger partial charge in [-0.1, -0.05) is 30.7 Å². The highest BCUT2D eigenvalue weighted by atomic mass is 14.8. The molecule has 3 heteroatoms. The minimum absolute atomic E-state index is 0.876. The van der Waals surface area contributed by atoms with E-state index in [1.807, 2.05) is 12.4 Å². The third kappa shape index (κ3) is 2.88. The van der Waals surface area contributed by atoms with Crippen molar-refractivity contribution < 1.29 is 0 Å². The molecular formula is C14H17N3. The Morgan fingerprint density at radius 1 is 1.18 bits per heavy atom. The molecular weight excluding hydrogens is 210 g/mol. The van der Waals surface area contributed by atoms with Gasteiger partial charge in [0.25, 0.3) is 0 Å². The van der Waals surface area contributed by atoms with Crippen LogP contribution in [-0.4, -0.2) is 16.5 Å². The van der Waals surface area contributed by atoms with Crippen LogP contribution in [0, 0.1) is 6.92 Å². The average Bonchev–Trinajstić information content (AvgIpc) is 2.38. The number of hydrogen-bond donors (Lipinski definition) is 1. The summed E-state index contributed by atoms with van der Waals surface area (Å²) >= 11 is 0. The Labute approximate surface area is 102 Å². The lowest BCUT2D eigenvalue weighted by atomic mass is 9.99. The first kappa shape index (κ1) is 11.7. The summed E-state index contributed by atoms with van der Waals surface area (Å²) in [6.07, 6.45) is 5.28. The van der Waals surface area contributed by atoms with Crippen LogP contribution in [0.1, 0.15) is 18.1 Å². The molecule has 0 aliphatic heterocycles. The van der Waals surface area contributed by atoms with E-state index in [0.717, 1.165) is 18.7 Å². The molecule has 0 fully saturated rings. The Morgan fingerprint density at radius 3 is 2.65 bits per heavy atom. The molecule has 3 nitrogen and oxygen atoms in total. The Bertz CT molecular complexity index is 480. The number of aryl methyl sites for hydroxylation is 1. The molecule has 0 aliphatic rings. The SMILES string of the molecule is CCNCc1ccc(C)cc1-c1cncnc1. The highest BCUT2D eigenvalue weighted by molar-refractivity contribution is 5.66. The second kappa shape index (κ2) is 5.55. The summed E-state index contributed by atoms with van der Waals surface area (Å²) in [4.78, 5) is 8.16. The van der Waals surface area contributed by atoms with E-state index < -0.39 is 0 Å². The lowest BCUT2D eigenvalue weighted by Crippen LogP contribution is -2.12. The third-order valence-corrected chi connectivity index (χ3v) is 2.70. The maximum atomic E-state index is 4.08. The molecule has 0 aliphatic carbocycles. The maximum Gasteiger partial charge on any atom is 0.115 e. The van der Waals surface area contributed by atoms with Crippen LogP contribution in [0.15, 0.2) is 36.9 Å². The summed E-state index contributed by atoms with van der Waals surface area (Å²) in [5.74, 6) is 0. The van der Waals surface area contributed by atoms with Gasteiger partial charge >= 0.3 is 0 Å². The second-order valence-electron chi connectivity index (χ2n) is 4.07. The van der Waals surface area contributed by atoms with Crippen molar-refractivity contribution in [3.8, 4) is 11.1 Å². The Kier molecular flexibility index (Phi) is 3.83. The van der Waals surface area contributed by atoms with Crippen LogP contribution in [0.5, 0.6) is 0 Å². The molecule has 88 valence electrons. The van der Waals surface area contributed by atoms with Gasteiger partial charge in [0.15, 0.2) is 0 Å². The Hall–Kier alpha value is -1.74. The molecule has 17 heavy (non-hydrogen) atoms. The smallest absolute Gasteiger partial charge is 0.115 e. The summed E-state index contributed by atoms with van der Waals surface area (Å²) in [6.45, 7) is 6.06. The molecule has 0 atom stereocenters. The van der Waals surface area contributed by atoms with Crippen molar-refractivity contribution in [1.82, 2.24) is 15.3 Å². The van der Waals surface area contributed by atoms with Crippen molar-refractivity contribution in [2.24, 2.45) is 0 Å². The number of hydrogen-bond acceptors (Lipinski definition) is 3. The van der Waals surface area contributed by atoms with Gasteiger partial charge in [0, 0.05) is 24.5 Å². The number of nitrogens with one attached hydrogen (secondary N) is 1. The van der Waals surface area contributed by atoms with Gasteiger partial charge in [-0.15, -0.1) is 0 Å². The molecule has 2 aromatic rings. The molecule has 0 amide bonds. The highest BCUT2D eigenvalue weighted by Crippen LogP contribution is 2.23. The van der Waals surface area contributed by atoms with Gasteiger partial charge in [-0.2, -0.15) is 0 Å². The van der Waals surface area contributed by atoms with Gasteiger partial charge in [-0.25, -0.2) is 9.97 Å². The molecule has 0 spiro atoms. The number of rotatable bonds is 4. The zero-order valence-electron chi connectivity index (χ0n) is 10.3. The van der Waals surface area contributed by atoms with E-state index in [9.17, 15) is 0 Å². The van der Waals surface area contributed by atoms with Crippen LogP contribution in [-0.2, 0) is 6.54 Å². The molecule has 2 rings (SSSR count). The molecule has 1 N–H and O–H groups in total. The Morgan fingerprint density at radius 2 is 1.94 bits per heavy atom. The third-order valence-electron chi connectivity index (χ3n) is 2.70. The molecule has 0 bridgehead atoms. The molecule has 0 radical (unpaired) electrons. The van der Waals surface area contributed by atoms with E-state index in [2.05, 4.69) is 47.3 Å².